The van der Waals surface area contributed by atoms with Crippen LogP contribution in [0.4, 0.5) is 0 Å². The average molecular weight is 288 g/mol. The van der Waals surface area contributed by atoms with Gasteiger partial charge in [-0.1, -0.05) is 30.3 Å². The molecule has 2 aliphatic rings. The van der Waals surface area contributed by atoms with Crippen LogP contribution in [0.1, 0.15) is 43.6 Å². The molecular formula is C18H28N2O. The first-order chi connectivity index (χ1) is 10.3. The lowest BCUT2D eigenvalue weighted by molar-refractivity contribution is 0.0152. The fourth-order valence-electron chi connectivity index (χ4n) is 4.06. The van der Waals surface area contributed by atoms with Crippen molar-refractivity contribution in [1.29, 1.82) is 0 Å². The molecule has 1 aliphatic heterocycles. The summed E-state index contributed by atoms with van der Waals surface area (Å²) in [5.74, 6) is 0.677. The van der Waals surface area contributed by atoms with Crippen molar-refractivity contribution in [3.8, 4) is 0 Å². The number of hydrogen-bond acceptors (Lipinski definition) is 3. The third kappa shape index (κ3) is 3.47. The van der Waals surface area contributed by atoms with Crippen LogP contribution in [0.5, 0.6) is 0 Å². The summed E-state index contributed by atoms with van der Waals surface area (Å²) >= 11 is 0. The van der Waals surface area contributed by atoms with E-state index in [9.17, 15) is 0 Å². The normalized spacial score (nSPS) is 32.2. The molecule has 0 spiro atoms. The van der Waals surface area contributed by atoms with E-state index in [0.717, 1.165) is 32.4 Å². The minimum Gasteiger partial charge on any atom is -0.381 e. The van der Waals surface area contributed by atoms with Crippen LogP contribution in [0.25, 0.3) is 0 Å². The van der Waals surface area contributed by atoms with E-state index in [1.54, 1.807) is 0 Å². The van der Waals surface area contributed by atoms with E-state index in [-0.39, 0.29) is 0 Å². The SMILES string of the molecule is COC1CCN(C2CC(c3ccccc3)CCC2N)CC1. The van der Waals surface area contributed by atoms with Gasteiger partial charge in [0.2, 0.25) is 0 Å². The number of nitrogens with two attached hydrogens (primary N) is 1. The standard InChI is InChI=1S/C18H28N2O/c1-21-16-9-11-20(12-10-16)18-13-15(7-8-17(18)19)14-5-3-2-4-6-14/h2-6,15-18H,7-13,19H2,1H3. The Balaban J connectivity index is 1.64. The first-order valence-electron chi connectivity index (χ1n) is 8.35. The number of hydrogen-bond donors (Lipinski definition) is 1. The van der Waals surface area contributed by atoms with Gasteiger partial charge in [0, 0.05) is 32.3 Å². The Bertz CT molecular complexity index is 428. The molecule has 1 saturated heterocycles. The molecule has 0 amide bonds. The summed E-state index contributed by atoms with van der Waals surface area (Å²) in [5, 5.41) is 0. The number of piperidine rings is 1. The molecule has 3 atom stereocenters. The Hall–Kier alpha value is -0.900. The highest BCUT2D eigenvalue weighted by atomic mass is 16.5. The van der Waals surface area contributed by atoms with Crippen LogP contribution in [-0.4, -0.2) is 43.3 Å². The molecule has 21 heavy (non-hydrogen) atoms. The zero-order valence-corrected chi connectivity index (χ0v) is 13.1. The van der Waals surface area contributed by atoms with Crippen molar-refractivity contribution in [3.63, 3.8) is 0 Å². The van der Waals surface area contributed by atoms with Crippen molar-refractivity contribution in [3.05, 3.63) is 35.9 Å². The van der Waals surface area contributed by atoms with Crippen molar-refractivity contribution < 1.29 is 4.74 Å². The van der Waals surface area contributed by atoms with Crippen LogP contribution in [0.2, 0.25) is 0 Å². The summed E-state index contributed by atoms with van der Waals surface area (Å²) in [5.41, 5.74) is 7.93. The van der Waals surface area contributed by atoms with Crippen LogP contribution in [0, 0.1) is 0 Å². The van der Waals surface area contributed by atoms with E-state index in [1.165, 1.54) is 18.4 Å². The molecule has 3 rings (SSSR count). The molecule has 3 unspecified atom stereocenters. The van der Waals surface area contributed by atoms with Crippen LogP contribution in [0.15, 0.2) is 30.3 Å². The predicted molar refractivity (Wildman–Crippen MR) is 86.4 cm³/mol. The summed E-state index contributed by atoms with van der Waals surface area (Å²) in [6, 6.07) is 11.8. The van der Waals surface area contributed by atoms with Gasteiger partial charge in [-0.05, 0) is 43.6 Å². The summed E-state index contributed by atoms with van der Waals surface area (Å²) < 4.78 is 5.49. The fourth-order valence-corrected chi connectivity index (χ4v) is 4.06. The summed E-state index contributed by atoms with van der Waals surface area (Å²) in [4.78, 5) is 2.62. The van der Waals surface area contributed by atoms with Gasteiger partial charge in [0.1, 0.15) is 0 Å². The first-order valence-corrected chi connectivity index (χ1v) is 8.35. The highest BCUT2D eigenvalue weighted by Gasteiger charge is 2.34. The molecule has 1 heterocycles. The zero-order valence-electron chi connectivity index (χ0n) is 13.1. The van der Waals surface area contributed by atoms with Crippen LogP contribution in [-0.2, 0) is 4.74 Å². The lowest BCUT2D eigenvalue weighted by atomic mass is 9.78. The number of ether oxygens (including phenoxy) is 1. The quantitative estimate of drug-likeness (QED) is 0.929. The van der Waals surface area contributed by atoms with Crippen molar-refractivity contribution in [2.75, 3.05) is 20.2 Å². The Morgan fingerprint density at radius 3 is 2.43 bits per heavy atom. The van der Waals surface area contributed by atoms with Gasteiger partial charge in [-0.25, -0.2) is 0 Å². The van der Waals surface area contributed by atoms with Crippen molar-refractivity contribution in [2.45, 2.75) is 56.2 Å². The second-order valence-corrected chi connectivity index (χ2v) is 6.62. The van der Waals surface area contributed by atoms with E-state index in [1.807, 2.05) is 7.11 Å². The largest absolute Gasteiger partial charge is 0.381 e. The van der Waals surface area contributed by atoms with Gasteiger partial charge in [-0.3, -0.25) is 4.90 Å². The highest BCUT2D eigenvalue weighted by Crippen LogP contribution is 2.35. The smallest absolute Gasteiger partial charge is 0.0595 e. The van der Waals surface area contributed by atoms with Gasteiger partial charge >= 0.3 is 0 Å². The molecular weight excluding hydrogens is 260 g/mol. The third-order valence-corrected chi connectivity index (χ3v) is 5.42. The topological polar surface area (TPSA) is 38.5 Å². The maximum atomic E-state index is 6.44. The molecule has 0 aromatic heterocycles. The first kappa shape index (κ1) is 15.0. The third-order valence-electron chi connectivity index (χ3n) is 5.42. The molecule has 116 valence electrons. The van der Waals surface area contributed by atoms with Crippen molar-refractivity contribution in [1.82, 2.24) is 4.90 Å². The van der Waals surface area contributed by atoms with E-state index < -0.39 is 0 Å². The fraction of sp³-hybridized carbons (Fsp3) is 0.667. The minimum absolute atomic E-state index is 0.337. The Labute approximate surface area is 128 Å². The Morgan fingerprint density at radius 2 is 1.76 bits per heavy atom. The molecule has 1 saturated carbocycles. The number of rotatable bonds is 3. The maximum absolute atomic E-state index is 6.44. The average Bonchev–Trinajstić information content (AvgIpc) is 2.56. The highest BCUT2D eigenvalue weighted by molar-refractivity contribution is 5.21. The molecule has 2 fully saturated rings. The molecule has 3 heteroatoms. The number of benzene rings is 1. The van der Waals surface area contributed by atoms with Crippen molar-refractivity contribution in [2.24, 2.45) is 5.73 Å². The van der Waals surface area contributed by atoms with Gasteiger partial charge in [0.15, 0.2) is 0 Å². The monoisotopic (exact) mass is 288 g/mol. The van der Waals surface area contributed by atoms with E-state index in [4.69, 9.17) is 10.5 Å². The minimum atomic E-state index is 0.337. The zero-order chi connectivity index (χ0) is 14.7. The van der Waals surface area contributed by atoms with Gasteiger partial charge in [0.05, 0.1) is 6.10 Å². The van der Waals surface area contributed by atoms with E-state index in [2.05, 4.69) is 35.2 Å². The van der Waals surface area contributed by atoms with Crippen LogP contribution >= 0.6 is 0 Å². The second kappa shape index (κ2) is 6.91. The summed E-state index contributed by atoms with van der Waals surface area (Å²) in [7, 11) is 1.83. The molecule has 3 nitrogen and oxygen atoms in total. The number of nitrogens with zero attached hydrogens (tertiary/aromatic N) is 1. The number of likely N-dealkylation sites (tertiary alicyclic amines) is 1. The van der Waals surface area contributed by atoms with Gasteiger partial charge in [-0.2, -0.15) is 0 Å². The van der Waals surface area contributed by atoms with Crippen LogP contribution < -0.4 is 5.73 Å². The van der Waals surface area contributed by atoms with Gasteiger partial charge in [0.25, 0.3) is 0 Å². The number of methoxy groups -OCH3 is 1. The predicted octanol–water partition coefficient (Wildman–Crippen LogP) is 2.76. The maximum Gasteiger partial charge on any atom is 0.0595 e. The van der Waals surface area contributed by atoms with E-state index >= 15 is 0 Å². The molecule has 2 N–H and O–H groups in total. The molecule has 1 aromatic rings. The van der Waals surface area contributed by atoms with E-state index in [0.29, 0.717) is 24.1 Å². The summed E-state index contributed by atoms with van der Waals surface area (Å²) in [6.07, 6.45) is 6.34. The Kier molecular flexibility index (Phi) is 4.94. The Morgan fingerprint density at radius 1 is 1.05 bits per heavy atom. The lowest BCUT2D eigenvalue weighted by Gasteiger charge is -2.44. The van der Waals surface area contributed by atoms with Gasteiger partial charge < -0.3 is 10.5 Å². The molecule has 0 radical (unpaired) electrons. The molecule has 0 bridgehead atoms. The lowest BCUT2D eigenvalue weighted by Crippen LogP contribution is -2.53. The second-order valence-electron chi connectivity index (χ2n) is 6.62. The van der Waals surface area contributed by atoms with Gasteiger partial charge in [-0.15, -0.1) is 0 Å². The van der Waals surface area contributed by atoms with Crippen molar-refractivity contribution >= 4 is 0 Å². The summed E-state index contributed by atoms with van der Waals surface area (Å²) in [6.45, 7) is 2.27. The molecule has 1 aliphatic carbocycles. The molecule has 1 aromatic carbocycles. The van der Waals surface area contributed by atoms with Crippen LogP contribution in [0.3, 0.4) is 0 Å².